The second-order valence-electron chi connectivity index (χ2n) is 7.88. The number of halogens is 1. The van der Waals surface area contributed by atoms with Crippen LogP contribution in [0.5, 0.6) is 5.75 Å². The summed E-state index contributed by atoms with van der Waals surface area (Å²) < 4.78 is 6.31. The maximum absolute atomic E-state index is 13.1. The minimum Gasteiger partial charge on any atom is -0.488 e. The molecule has 36 heavy (non-hydrogen) atoms. The molecule has 182 valence electrons. The highest BCUT2D eigenvalue weighted by molar-refractivity contribution is 9.10. The normalized spacial score (nSPS) is 14.7. The van der Waals surface area contributed by atoms with Crippen molar-refractivity contribution in [2.75, 3.05) is 4.90 Å². The molecule has 1 aliphatic rings. The molecule has 0 saturated carbocycles. The average Bonchev–Trinajstić information content (AvgIpc) is 2.86. The minimum atomic E-state index is -0.808. The van der Waals surface area contributed by atoms with Crippen LogP contribution in [0.2, 0.25) is 0 Å². The van der Waals surface area contributed by atoms with Gasteiger partial charge in [-0.15, -0.1) is 0 Å². The summed E-state index contributed by atoms with van der Waals surface area (Å²) in [5.41, 5.74) is 2.35. The van der Waals surface area contributed by atoms with Crippen molar-refractivity contribution in [3.8, 4) is 5.75 Å². The van der Waals surface area contributed by atoms with Gasteiger partial charge in [-0.05, 0) is 69.4 Å². The molecule has 3 aromatic carbocycles. The average molecular weight is 550 g/mol. The predicted octanol–water partition coefficient (Wildman–Crippen LogP) is 5.17. The molecular weight excluding hydrogens is 530 g/mol. The third kappa shape index (κ3) is 5.33. The Labute approximate surface area is 214 Å². The van der Waals surface area contributed by atoms with Crippen LogP contribution in [-0.2, 0) is 22.6 Å². The number of nitro benzene ring substituents is 1. The second-order valence-corrected chi connectivity index (χ2v) is 8.74. The van der Waals surface area contributed by atoms with Gasteiger partial charge in [0.2, 0.25) is 0 Å². The van der Waals surface area contributed by atoms with Crippen LogP contribution < -0.4 is 15.0 Å². The van der Waals surface area contributed by atoms with E-state index in [2.05, 4.69) is 21.2 Å². The number of aryl methyl sites for hydroxylation is 1. The van der Waals surface area contributed by atoms with Crippen molar-refractivity contribution in [2.24, 2.45) is 0 Å². The number of benzene rings is 3. The summed E-state index contributed by atoms with van der Waals surface area (Å²) >= 11 is 3.41. The lowest BCUT2D eigenvalue weighted by atomic mass is 10.1. The van der Waals surface area contributed by atoms with E-state index in [9.17, 15) is 24.5 Å². The van der Waals surface area contributed by atoms with Gasteiger partial charge in [-0.2, -0.15) is 0 Å². The topological polar surface area (TPSA) is 119 Å². The number of nitro groups is 1. The lowest BCUT2D eigenvalue weighted by molar-refractivity contribution is -0.384. The fourth-order valence-corrected chi connectivity index (χ4v) is 4.10. The Hall–Kier alpha value is -4.31. The number of ether oxygens (including phenoxy) is 1. The van der Waals surface area contributed by atoms with Crippen LogP contribution in [0.25, 0.3) is 6.08 Å². The summed E-state index contributed by atoms with van der Waals surface area (Å²) in [7, 11) is 0. The molecule has 0 unspecified atom stereocenters. The molecule has 4 rings (SSSR count). The van der Waals surface area contributed by atoms with Gasteiger partial charge in [-0.1, -0.05) is 37.3 Å². The van der Waals surface area contributed by atoms with Crippen LogP contribution in [0.15, 0.2) is 76.8 Å². The standard InChI is InChI=1S/C26H20BrN3O6/c1-2-16-6-9-19(10-7-16)29-25(32)21(24(31)28-26(29)33)13-17-8-11-23(22(27)14-17)36-15-18-4-3-5-20(12-18)30(34)35/h3-14H,2,15H2,1H3,(H,28,31,33)/b21-13-. The van der Waals surface area contributed by atoms with Gasteiger partial charge in [-0.3, -0.25) is 25.0 Å². The second kappa shape index (κ2) is 10.5. The first-order chi connectivity index (χ1) is 17.3. The number of non-ortho nitro benzene ring substituents is 1. The molecule has 1 saturated heterocycles. The number of nitrogens with zero attached hydrogens (tertiary/aromatic N) is 2. The van der Waals surface area contributed by atoms with Crippen LogP contribution in [0.3, 0.4) is 0 Å². The van der Waals surface area contributed by atoms with Crippen molar-refractivity contribution in [1.82, 2.24) is 5.32 Å². The van der Waals surface area contributed by atoms with Crippen LogP contribution in [-0.4, -0.2) is 22.8 Å². The van der Waals surface area contributed by atoms with E-state index in [0.717, 1.165) is 16.9 Å². The Balaban J connectivity index is 1.53. The largest absolute Gasteiger partial charge is 0.488 e. The van der Waals surface area contributed by atoms with Gasteiger partial charge in [0.25, 0.3) is 17.5 Å². The van der Waals surface area contributed by atoms with Crippen LogP contribution in [0.1, 0.15) is 23.6 Å². The van der Waals surface area contributed by atoms with Crippen LogP contribution >= 0.6 is 15.9 Å². The van der Waals surface area contributed by atoms with Crippen molar-refractivity contribution in [3.05, 3.63) is 104 Å². The van der Waals surface area contributed by atoms with E-state index < -0.39 is 22.8 Å². The van der Waals surface area contributed by atoms with Gasteiger partial charge < -0.3 is 4.74 Å². The number of hydrogen-bond donors (Lipinski definition) is 1. The summed E-state index contributed by atoms with van der Waals surface area (Å²) in [6.07, 6.45) is 2.20. The quantitative estimate of drug-likeness (QED) is 0.188. The smallest absolute Gasteiger partial charge is 0.335 e. The number of urea groups is 1. The van der Waals surface area contributed by atoms with Crippen molar-refractivity contribution in [3.63, 3.8) is 0 Å². The highest BCUT2D eigenvalue weighted by Crippen LogP contribution is 2.29. The summed E-state index contributed by atoms with van der Waals surface area (Å²) in [5.74, 6) is -1.04. The van der Waals surface area contributed by atoms with Crippen LogP contribution in [0.4, 0.5) is 16.2 Å². The van der Waals surface area contributed by atoms with Crippen molar-refractivity contribution in [2.45, 2.75) is 20.0 Å². The number of nitrogens with one attached hydrogen (secondary N) is 1. The third-order valence-corrected chi connectivity index (χ3v) is 6.11. The van der Waals surface area contributed by atoms with Gasteiger partial charge >= 0.3 is 6.03 Å². The monoisotopic (exact) mass is 549 g/mol. The number of hydrogen-bond acceptors (Lipinski definition) is 6. The Morgan fingerprint density at radius 2 is 1.78 bits per heavy atom. The fourth-order valence-electron chi connectivity index (χ4n) is 3.58. The molecule has 1 fully saturated rings. The van der Waals surface area contributed by atoms with Crippen molar-refractivity contribution < 1.29 is 24.0 Å². The van der Waals surface area contributed by atoms with E-state index in [1.165, 1.54) is 18.2 Å². The summed E-state index contributed by atoms with van der Waals surface area (Å²) in [6, 6.07) is 17.2. The first-order valence-corrected chi connectivity index (χ1v) is 11.7. The molecule has 9 nitrogen and oxygen atoms in total. The van der Waals surface area contributed by atoms with Gasteiger partial charge in [0.05, 0.1) is 15.1 Å². The minimum absolute atomic E-state index is 0.0265. The number of rotatable bonds is 7. The maximum atomic E-state index is 13.1. The Kier molecular flexibility index (Phi) is 7.25. The van der Waals surface area contributed by atoms with E-state index >= 15 is 0 Å². The Morgan fingerprint density at radius 3 is 2.44 bits per heavy atom. The van der Waals surface area contributed by atoms with Gasteiger partial charge in [0.15, 0.2) is 0 Å². The maximum Gasteiger partial charge on any atom is 0.335 e. The molecule has 0 spiro atoms. The summed E-state index contributed by atoms with van der Waals surface area (Å²) in [5, 5.41) is 13.2. The zero-order valence-corrected chi connectivity index (χ0v) is 20.7. The number of barbiturate groups is 1. The van der Waals surface area contributed by atoms with E-state index in [1.807, 2.05) is 19.1 Å². The number of carbonyl (C=O) groups is 3. The van der Waals surface area contributed by atoms with Gasteiger partial charge in [-0.25, -0.2) is 9.69 Å². The third-order valence-electron chi connectivity index (χ3n) is 5.49. The molecule has 3 aromatic rings. The molecule has 1 heterocycles. The number of anilines is 1. The molecule has 0 atom stereocenters. The van der Waals surface area contributed by atoms with Gasteiger partial charge in [0, 0.05) is 12.1 Å². The van der Waals surface area contributed by atoms with Crippen LogP contribution in [0, 0.1) is 10.1 Å². The lowest BCUT2D eigenvalue weighted by Gasteiger charge is -2.26. The molecule has 0 radical (unpaired) electrons. The van der Waals surface area contributed by atoms with Crippen molar-refractivity contribution in [1.29, 1.82) is 0 Å². The van der Waals surface area contributed by atoms with E-state index in [1.54, 1.807) is 42.5 Å². The highest BCUT2D eigenvalue weighted by atomic mass is 79.9. The van der Waals surface area contributed by atoms with Gasteiger partial charge in [0.1, 0.15) is 17.9 Å². The highest BCUT2D eigenvalue weighted by Gasteiger charge is 2.36. The molecule has 1 N–H and O–H groups in total. The van der Waals surface area contributed by atoms with E-state index in [-0.39, 0.29) is 17.9 Å². The first-order valence-electron chi connectivity index (χ1n) is 10.9. The fraction of sp³-hybridized carbons (Fsp3) is 0.115. The summed E-state index contributed by atoms with van der Waals surface area (Å²) in [4.78, 5) is 49.3. The Morgan fingerprint density at radius 1 is 1.03 bits per heavy atom. The zero-order chi connectivity index (χ0) is 25.8. The van der Waals surface area contributed by atoms with E-state index in [0.29, 0.717) is 27.0 Å². The molecule has 10 heteroatoms. The first kappa shape index (κ1) is 24.8. The van der Waals surface area contributed by atoms with E-state index in [4.69, 9.17) is 4.74 Å². The number of amides is 4. The molecular formula is C26H20BrN3O6. The Bertz CT molecular complexity index is 1400. The molecule has 0 aromatic heterocycles. The predicted molar refractivity (Wildman–Crippen MR) is 136 cm³/mol. The number of imide groups is 2. The molecule has 0 aliphatic carbocycles. The SMILES string of the molecule is CCc1ccc(N2C(=O)NC(=O)/C(=C/c3ccc(OCc4cccc([N+](=O)[O-])c4)c(Br)c3)C2=O)cc1. The molecule has 0 bridgehead atoms. The van der Waals surface area contributed by atoms with Crippen molar-refractivity contribution >= 4 is 51.2 Å². The molecule has 4 amide bonds. The zero-order valence-electron chi connectivity index (χ0n) is 19.1. The molecule has 1 aliphatic heterocycles. The lowest BCUT2D eigenvalue weighted by Crippen LogP contribution is -2.54. The summed E-state index contributed by atoms with van der Waals surface area (Å²) in [6.45, 7) is 2.10. The number of carbonyl (C=O) groups excluding carboxylic acids is 3.